The average molecular weight is 279 g/mol. The van der Waals surface area contributed by atoms with E-state index in [4.69, 9.17) is 5.11 Å². The van der Waals surface area contributed by atoms with Crippen LogP contribution in [0.5, 0.6) is 0 Å². The molecule has 21 heavy (non-hydrogen) atoms. The molecule has 2 aromatic rings. The number of anilines is 1. The van der Waals surface area contributed by atoms with Gasteiger partial charge >= 0.3 is 0 Å². The molecule has 2 N–H and O–H groups in total. The molecule has 0 saturated heterocycles. The lowest BCUT2D eigenvalue weighted by molar-refractivity contribution is 0.102. The summed E-state index contributed by atoms with van der Waals surface area (Å²) in [6.45, 7) is 2.00. The fraction of sp³-hybridized carbons (Fsp3) is 0.167. The van der Waals surface area contributed by atoms with E-state index in [9.17, 15) is 4.79 Å². The van der Waals surface area contributed by atoms with E-state index in [1.165, 1.54) is 0 Å². The first-order valence-electron chi connectivity index (χ1n) is 6.77. The molecule has 0 spiro atoms. The van der Waals surface area contributed by atoms with Gasteiger partial charge in [-0.2, -0.15) is 0 Å². The van der Waals surface area contributed by atoms with Crippen LogP contribution >= 0.6 is 0 Å². The maximum absolute atomic E-state index is 12.1. The van der Waals surface area contributed by atoms with E-state index < -0.39 is 0 Å². The third kappa shape index (κ3) is 4.20. The minimum Gasteiger partial charge on any atom is -0.395 e. The van der Waals surface area contributed by atoms with Crippen molar-refractivity contribution in [1.29, 1.82) is 0 Å². The number of hydrogen-bond donors (Lipinski definition) is 2. The summed E-state index contributed by atoms with van der Waals surface area (Å²) in [7, 11) is 0. The molecular formula is C18H17NO2. The summed E-state index contributed by atoms with van der Waals surface area (Å²) in [6.07, 6.45) is 0.464. The van der Waals surface area contributed by atoms with Crippen LogP contribution < -0.4 is 5.32 Å². The number of aliphatic hydroxyl groups excluding tert-OH is 1. The summed E-state index contributed by atoms with van der Waals surface area (Å²) in [5.41, 5.74) is 3.23. The summed E-state index contributed by atoms with van der Waals surface area (Å²) in [6, 6.07) is 14.7. The maximum atomic E-state index is 12.1. The van der Waals surface area contributed by atoms with Gasteiger partial charge in [-0.1, -0.05) is 30.0 Å². The molecule has 0 saturated carbocycles. The van der Waals surface area contributed by atoms with Crippen LogP contribution in [0.2, 0.25) is 0 Å². The molecule has 0 fully saturated rings. The van der Waals surface area contributed by atoms with Gasteiger partial charge in [-0.15, -0.1) is 0 Å². The highest BCUT2D eigenvalue weighted by Crippen LogP contribution is 2.17. The van der Waals surface area contributed by atoms with Gasteiger partial charge in [-0.05, 0) is 42.8 Å². The molecule has 106 valence electrons. The van der Waals surface area contributed by atoms with Crippen LogP contribution in [-0.4, -0.2) is 17.6 Å². The van der Waals surface area contributed by atoms with Gasteiger partial charge in [-0.25, -0.2) is 0 Å². The predicted octanol–water partition coefficient (Wildman–Crippen LogP) is 2.98. The van der Waals surface area contributed by atoms with E-state index in [2.05, 4.69) is 17.2 Å². The molecule has 0 radical (unpaired) electrons. The van der Waals surface area contributed by atoms with Crippen LogP contribution in [0.3, 0.4) is 0 Å². The second-order valence-corrected chi connectivity index (χ2v) is 4.63. The van der Waals surface area contributed by atoms with Crippen molar-refractivity contribution >= 4 is 11.6 Å². The highest BCUT2D eigenvalue weighted by atomic mass is 16.2. The molecule has 0 aliphatic heterocycles. The number of aliphatic hydroxyl groups is 1. The lowest BCUT2D eigenvalue weighted by Crippen LogP contribution is -2.12. The Bertz CT molecular complexity index is 681. The molecule has 0 aromatic heterocycles. The second kappa shape index (κ2) is 7.28. The Labute approximate surface area is 124 Å². The number of aryl methyl sites for hydroxylation is 1. The summed E-state index contributed by atoms with van der Waals surface area (Å²) in [5.74, 6) is 5.73. The van der Waals surface area contributed by atoms with Gasteiger partial charge < -0.3 is 10.4 Å². The van der Waals surface area contributed by atoms with Crippen LogP contribution in [-0.2, 0) is 0 Å². The minimum absolute atomic E-state index is 0.0667. The van der Waals surface area contributed by atoms with Crippen molar-refractivity contribution in [3.8, 4) is 11.8 Å². The largest absolute Gasteiger partial charge is 0.395 e. The lowest BCUT2D eigenvalue weighted by atomic mass is 10.1. The Morgan fingerprint density at radius 1 is 1.19 bits per heavy atom. The lowest BCUT2D eigenvalue weighted by Gasteiger charge is -2.08. The molecule has 3 nitrogen and oxygen atoms in total. The molecule has 0 atom stereocenters. The number of amides is 1. The van der Waals surface area contributed by atoms with E-state index >= 15 is 0 Å². The number of rotatable bonds is 3. The SMILES string of the molecule is Cc1cc(C#CCCO)ccc1NC(=O)c1ccccc1. The Morgan fingerprint density at radius 2 is 1.95 bits per heavy atom. The van der Waals surface area contributed by atoms with E-state index in [0.717, 1.165) is 16.8 Å². The van der Waals surface area contributed by atoms with E-state index in [-0.39, 0.29) is 12.5 Å². The van der Waals surface area contributed by atoms with Gasteiger partial charge in [0.2, 0.25) is 0 Å². The quantitative estimate of drug-likeness (QED) is 0.849. The van der Waals surface area contributed by atoms with Crippen LogP contribution in [0.4, 0.5) is 5.69 Å². The number of hydrogen-bond acceptors (Lipinski definition) is 2. The van der Waals surface area contributed by atoms with Crippen molar-refractivity contribution in [2.45, 2.75) is 13.3 Å². The summed E-state index contributed by atoms with van der Waals surface area (Å²) < 4.78 is 0. The highest BCUT2D eigenvalue weighted by molar-refractivity contribution is 6.04. The minimum atomic E-state index is -0.127. The number of carbonyl (C=O) groups is 1. The maximum Gasteiger partial charge on any atom is 0.255 e. The van der Waals surface area contributed by atoms with Crippen molar-refractivity contribution < 1.29 is 9.90 Å². The third-order valence-corrected chi connectivity index (χ3v) is 2.98. The van der Waals surface area contributed by atoms with Crippen LogP contribution in [0.1, 0.15) is 27.9 Å². The van der Waals surface area contributed by atoms with Crippen molar-refractivity contribution in [1.82, 2.24) is 0 Å². The first kappa shape index (κ1) is 14.8. The van der Waals surface area contributed by atoms with Crippen LogP contribution in [0.15, 0.2) is 48.5 Å². The Kier molecular flexibility index (Phi) is 5.14. The standard InChI is InChI=1S/C18H17NO2/c1-14-13-15(7-5-6-12-20)10-11-17(14)19-18(21)16-8-3-2-4-9-16/h2-4,8-11,13,20H,6,12H2,1H3,(H,19,21). The zero-order valence-corrected chi connectivity index (χ0v) is 11.9. The fourth-order valence-corrected chi connectivity index (χ4v) is 1.89. The number of benzene rings is 2. The van der Waals surface area contributed by atoms with E-state index in [1.54, 1.807) is 12.1 Å². The van der Waals surface area contributed by atoms with Crippen molar-refractivity contribution in [3.63, 3.8) is 0 Å². The zero-order valence-electron chi connectivity index (χ0n) is 11.9. The van der Waals surface area contributed by atoms with Gasteiger partial charge in [0.05, 0.1) is 6.61 Å². The average Bonchev–Trinajstić information content (AvgIpc) is 2.51. The fourth-order valence-electron chi connectivity index (χ4n) is 1.89. The highest BCUT2D eigenvalue weighted by Gasteiger charge is 2.06. The monoisotopic (exact) mass is 279 g/mol. The van der Waals surface area contributed by atoms with Crippen molar-refractivity contribution in [2.75, 3.05) is 11.9 Å². The molecule has 2 rings (SSSR count). The molecular weight excluding hydrogens is 262 g/mol. The Balaban J connectivity index is 2.12. The molecule has 2 aromatic carbocycles. The van der Waals surface area contributed by atoms with Gasteiger partial charge in [0.1, 0.15) is 0 Å². The molecule has 0 heterocycles. The third-order valence-electron chi connectivity index (χ3n) is 2.98. The molecule has 0 bridgehead atoms. The summed E-state index contributed by atoms with van der Waals surface area (Å²) in [5, 5.41) is 11.6. The van der Waals surface area contributed by atoms with Gasteiger partial charge in [-0.3, -0.25) is 4.79 Å². The number of carbonyl (C=O) groups excluding carboxylic acids is 1. The van der Waals surface area contributed by atoms with Gasteiger partial charge in [0, 0.05) is 23.2 Å². The van der Waals surface area contributed by atoms with E-state index in [0.29, 0.717) is 12.0 Å². The first-order chi connectivity index (χ1) is 10.2. The molecule has 3 heteroatoms. The first-order valence-corrected chi connectivity index (χ1v) is 6.77. The van der Waals surface area contributed by atoms with Gasteiger partial charge in [0.15, 0.2) is 0 Å². The smallest absolute Gasteiger partial charge is 0.255 e. The summed E-state index contributed by atoms with van der Waals surface area (Å²) in [4.78, 5) is 12.1. The topological polar surface area (TPSA) is 49.3 Å². The Morgan fingerprint density at radius 3 is 2.62 bits per heavy atom. The van der Waals surface area contributed by atoms with E-state index in [1.807, 2.05) is 43.3 Å². The Hall–Kier alpha value is -2.57. The van der Waals surface area contributed by atoms with Crippen molar-refractivity contribution in [3.05, 3.63) is 65.2 Å². The zero-order chi connectivity index (χ0) is 15.1. The van der Waals surface area contributed by atoms with Crippen molar-refractivity contribution in [2.24, 2.45) is 0 Å². The van der Waals surface area contributed by atoms with Crippen LogP contribution in [0, 0.1) is 18.8 Å². The van der Waals surface area contributed by atoms with Gasteiger partial charge in [0.25, 0.3) is 5.91 Å². The second-order valence-electron chi connectivity index (χ2n) is 4.63. The van der Waals surface area contributed by atoms with Crippen LogP contribution in [0.25, 0.3) is 0 Å². The summed E-state index contributed by atoms with van der Waals surface area (Å²) >= 11 is 0. The molecule has 0 unspecified atom stereocenters. The molecule has 0 aliphatic rings. The molecule has 0 aliphatic carbocycles. The molecule has 1 amide bonds. The number of nitrogens with one attached hydrogen (secondary N) is 1. The normalized spacial score (nSPS) is 9.62. The predicted molar refractivity (Wildman–Crippen MR) is 84.2 cm³/mol.